The second-order valence-electron chi connectivity index (χ2n) is 3.98. The lowest BCUT2D eigenvalue weighted by molar-refractivity contribution is -0.132. The number of alkyl carbamates (subject to hydrolysis) is 1. The average molecular weight is 250 g/mol. The van der Waals surface area contributed by atoms with Crippen molar-refractivity contribution in [2.75, 3.05) is 6.61 Å². The molecule has 0 unspecified atom stereocenters. The molecule has 0 saturated carbocycles. The fourth-order valence-corrected chi connectivity index (χ4v) is 1.65. The predicted octanol–water partition coefficient (Wildman–Crippen LogP) is -0.228. The smallest absolute Gasteiger partial charge is 0.408 e. The van der Waals surface area contributed by atoms with E-state index < -0.39 is 18.2 Å². The van der Waals surface area contributed by atoms with E-state index in [-0.39, 0.29) is 19.1 Å². The Labute approximate surface area is 104 Å². The zero-order valence-electron chi connectivity index (χ0n) is 9.63. The quantitative estimate of drug-likeness (QED) is 0.644. The molecule has 6 heteroatoms. The Balaban J connectivity index is 1.77. The van der Waals surface area contributed by atoms with Gasteiger partial charge >= 0.3 is 6.09 Å². The third-order valence-electron chi connectivity index (χ3n) is 2.70. The monoisotopic (exact) mass is 250 g/mol. The number of hydrogen-bond donors (Lipinski definition) is 3. The first-order valence-electron chi connectivity index (χ1n) is 5.59. The van der Waals surface area contributed by atoms with Crippen molar-refractivity contribution >= 4 is 12.0 Å². The molecule has 2 amide bonds. The van der Waals surface area contributed by atoms with Crippen LogP contribution in [0.25, 0.3) is 0 Å². The van der Waals surface area contributed by atoms with Crippen LogP contribution < -0.4 is 10.6 Å². The molecule has 0 aliphatic carbocycles. The minimum atomic E-state index is -0.710. The van der Waals surface area contributed by atoms with E-state index >= 15 is 0 Å². The van der Waals surface area contributed by atoms with Crippen molar-refractivity contribution in [1.82, 2.24) is 10.6 Å². The maximum atomic E-state index is 11.4. The molecule has 0 bridgehead atoms. The Morgan fingerprint density at radius 2 is 2.11 bits per heavy atom. The molecule has 0 spiro atoms. The molecule has 1 heterocycles. The Morgan fingerprint density at radius 1 is 1.39 bits per heavy atom. The number of aliphatic hydroxyl groups is 1. The van der Waals surface area contributed by atoms with Crippen LogP contribution in [0.5, 0.6) is 0 Å². The average Bonchev–Trinajstić information content (AvgIpc) is 2.41. The summed E-state index contributed by atoms with van der Waals surface area (Å²) in [6, 6.07) is 8.09. The van der Waals surface area contributed by atoms with E-state index in [2.05, 4.69) is 10.6 Å². The highest BCUT2D eigenvalue weighted by molar-refractivity contribution is 5.92. The fourth-order valence-electron chi connectivity index (χ4n) is 1.65. The number of carbonyl (C=O) groups excluding carboxylic acids is 2. The molecule has 1 aliphatic heterocycles. The normalized spacial score (nSPS) is 21.7. The summed E-state index contributed by atoms with van der Waals surface area (Å²) in [5, 5.41) is 13.8. The maximum absolute atomic E-state index is 11.4. The van der Waals surface area contributed by atoms with Crippen LogP contribution in [0.4, 0.5) is 4.79 Å². The summed E-state index contributed by atoms with van der Waals surface area (Å²) in [5.74, 6) is -0.314. The largest absolute Gasteiger partial charge is 0.445 e. The standard InChI is InChI=1S/C12H14N2O4/c15-6-9-10(11(16)13-9)14-12(17)18-7-8-4-2-1-3-5-8/h1-5,9-10,15H,6-7H2,(H,13,16)(H,14,17)/t9-,10+/m0/s1. The van der Waals surface area contributed by atoms with Gasteiger partial charge < -0.3 is 20.5 Å². The van der Waals surface area contributed by atoms with E-state index in [1.165, 1.54) is 0 Å². The van der Waals surface area contributed by atoms with E-state index in [4.69, 9.17) is 9.84 Å². The van der Waals surface area contributed by atoms with Crippen LogP contribution in [0.1, 0.15) is 5.56 Å². The molecule has 0 radical (unpaired) electrons. The lowest BCUT2D eigenvalue weighted by Gasteiger charge is -2.35. The molecule has 3 N–H and O–H groups in total. The number of carbonyl (C=O) groups is 2. The molecule has 0 aromatic heterocycles. The number of benzene rings is 1. The van der Waals surface area contributed by atoms with Crippen molar-refractivity contribution in [1.29, 1.82) is 0 Å². The SMILES string of the molecule is O=C(N[C@H]1C(=O)N[C@H]1CO)OCc1ccccc1. The fraction of sp³-hybridized carbons (Fsp3) is 0.333. The lowest BCUT2D eigenvalue weighted by Crippen LogP contribution is -2.70. The Hall–Kier alpha value is -2.08. The Morgan fingerprint density at radius 3 is 2.72 bits per heavy atom. The highest BCUT2D eigenvalue weighted by Gasteiger charge is 2.40. The first-order valence-corrected chi connectivity index (χ1v) is 5.59. The van der Waals surface area contributed by atoms with Gasteiger partial charge in [0.2, 0.25) is 5.91 Å². The molecule has 18 heavy (non-hydrogen) atoms. The summed E-state index contributed by atoms with van der Waals surface area (Å²) < 4.78 is 4.96. The van der Waals surface area contributed by atoms with Crippen LogP contribution in [0.2, 0.25) is 0 Å². The van der Waals surface area contributed by atoms with Crippen LogP contribution in [0.3, 0.4) is 0 Å². The van der Waals surface area contributed by atoms with Gasteiger partial charge in [0.1, 0.15) is 12.6 Å². The molecule has 1 aromatic rings. The van der Waals surface area contributed by atoms with Crippen molar-refractivity contribution in [3.8, 4) is 0 Å². The first-order chi connectivity index (χ1) is 8.70. The number of amides is 2. The van der Waals surface area contributed by atoms with Crippen LogP contribution in [0.15, 0.2) is 30.3 Å². The minimum absolute atomic E-state index is 0.144. The van der Waals surface area contributed by atoms with Gasteiger partial charge in [0.05, 0.1) is 12.6 Å². The molecule has 96 valence electrons. The van der Waals surface area contributed by atoms with Crippen LogP contribution in [-0.2, 0) is 16.1 Å². The maximum Gasteiger partial charge on any atom is 0.408 e. The summed E-state index contributed by atoms with van der Waals surface area (Å²) in [6.45, 7) is -0.0693. The van der Waals surface area contributed by atoms with E-state index in [0.717, 1.165) is 5.56 Å². The first kappa shape index (κ1) is 12.4. The number of nitrogens with one attached hydrogen (secondary N) is 2. The van der Waals surface area contributed by atoms with Crippen molar-refractivity contribution in [3.63, 3.8) is 0 Å². The van der Waals surface area contributed by atoms with Gasteiger partial charge in [-0.2, -0.15) is 0 Å². The molecule has 1 aromatic carbocycles. The van der Waals surface area contributed by atoms with Crippen LogP contribution in [-0.4, -0.2) is 35.8 Å². The van der Waals surface area contributed by atoms with Crippen molar-refractivity contribution in [3.05, 3.63) is 35.9 Å². The van der Waals surface area contributed by atoms with Crippen LogP contribution in [0, 0.1) is 0 Å². The van der Waals surface area contributed by atoms with E-state index in [0.29, 0.717) is 0 Å². The molecular formula is C12H14N2O4. The number of ether oxygens (including phenoxy) is 1. The van der Waals surface area contributed by atoms with E-state index in [9.17, 15) is 9.59 Å². The van der Waals surface area contributed by atoms with Gasteiger partial charge in [0.15, 0.2) is 0 Å². The second kappa shape index (κ2) is 5.50. The molecule has 6 nitrogen and oxygen atoms in total. The molecule has 1 aliphatic rings. The zero-order valence-corrected chi connectivity index (χ0v) is 9.63. The van der Waals surface area contributed by atoms with Gasteiger partial charge in [0, 0.05) is 0 Å². The number of rotatable bonds is 4. The van der Waals surface area contributed by atoms with Crippen LogP contribution >= 0.6 is 0 Å². The van der Waals surface area contributed by atoms with Crippen molar-refractivity contribution < 1.29 is 19.4 Å². The number of aliphatic hydroxyl groups excluding tert-OH is 1. The van der Waals surface area contributed by atoms with Gasteiger partial charge in [-0.25, -0.2) is 4.79 Å². The summed E-state index contributed by atoms with van der Waals surface area (Å²) in [5.41, 5.74) is 0.865. The topological polar surface area (TPSA) is 87.7 Å². The third kappa shape index (κ3) is 2.78. The molecule has 2 rings (SSSR count). The second-order valence-corrected chi connectivity index (χ2v) is 3.98. The van der Waals surface area contributed by atoms with Gasteiger partial charge in [0.25, 0.3) is 0 Å². The van der Waals surface area contributed by atoms with Gasteiger partial charge in [-0.3, -0.25) is 4.79 Å². The summed E-state index contributed by atoms with van der Waals surface area (Å²) >= 11 is 0. The lowest BCUT2D eigenvalue weighted by atomic mass is 10.0. The zero-order chi connectivity index (χ0) is 13.0. The highest BCUT2D eigenvalue weighted by Crippen LogP contribution is 2.06. The molecule has 1 saturated heterocycles. The predicted molar refractivity (Wildman–Crippen MR) is 62.6 cm³/mol. The molecule has 2 atom stereocenters. The van der Waals surface area contributed by atoms with Gasteiger partial charge in [-0.15, -0.1) is 0 Å². The molecular weight excluding hydrogens is 236 g/mol. The van der Waals surface area contributed by atoms with Crippen molar-refractivity contribution in [2.24, 2.45) is 0 Å². The van der Waals surface area contributed by atoms with E-state index in [1.807, 2.05) is 30.3 Å². The van der Waals surface area contributed by atoms with Crippen molar-refractivity contribution in [2.45, 2.75) is 18.7 Å². The van der Waals surface area contributed by atoms with Gasteiger partial charge in [-0.1, -0.05) is 30.3 Å². The Bertz CT molecular complexity index is 435. The third-order valence-corrected chi connectivity index (χ3v) is 2.70. The minimum Gasteiger partial charge on any atom is -0.445 e. The molecule has 1 fully saturated rings. The van der Waals surface area contributed by atoms with Gasteiger partial charge in [-0.05, 0) is 5.56 Å². The highest BCUT2D eigenvalue weighted by atomic mass is 16.5. The van der Waals surface area contributed by atoms with E-state index in [1.54, 1.807) is 0 Å². The number of hydrogen-bond acceptors (Lipinski definition) is 4. The number of β-lactam (4-membered cyclic amide) rings is 1. The summed E-state index contributed by atoms with van der Waals surface area (Å²) in [7, 11) is 0. The summed E-state index contributed by atoms with van der Waals surface area (Å²) in [6.07, 6.45) is -0.669. The Kier molecular flexibility index (Phi) is 3.78. The summed E-state index contributed by atoms with van der Waals surface area (Å²) in [4.78, 5) is 22.5.